The minimum Gasteiger partial charge on any atom is -0.342 e. The van der Waals surface area contributed by atoms with E-state index in [1.807, 2.05) is 0 Å². The summed E-state index contributed by atoms with van der Waals surface area (Å²) in [5.74, 6) is -0.402. The van der Waals surface area contributed by atoms with E-state index in [1.54, 1.807) is 11.0 Å². The van der Waals surface area contributed by atoms with Crippen LogP contribution in [0.15, 0.2) is 24.3 Å². The normalized spacial score (nSPS) is 24.4. The molecule has 8 heteroatoms. The number of piperidine rings is 1. The molecule has 0 spiro atoms. The van der Waals surface area contributed by atoms with E-state index >= 15 is 0 Å². The summed E-state index contributed by atoms with van der Waals surface area (Å²) in [5, 5.41) is 0. The van der Waals surface area contributed by atoms with Crippen molar-refractivity contribution >= 4 is 15.7 Å². The highest BCUT2D eigenvalue weighted by atomic mass is 32.2. The first-order valence-electron chi connectivity index (χ1n) is 8.82. The molecule has 0 aliphatic carbocycles. The van der Waals surface area contributed by atoms with Crippen molar-refractivity contribution in [2.24, 2.45) is 5.92 Å². The summed E-state index contributed by atoms with van der Waals surface area (Å²) in [6, 6.07) is 5.32. The van der Waals surface area contributed by atoms with Gasteiger partial charge in [-0.15, -0.1) is 0 Å². The average molecular weight is 389 g/mol. The van der Waals surface area contributed by atoms with Gasteiger partial charge < -0.3 is 4.90 Å². The van der Waals surface area contributed by atoms with Crippen LogP contribution in [-0.2, 0) is 20.8 Å². The fourth-order valence-corrected chi connectivity index (χ4v) is 5.30. The van der Waals surface area contributed by atoms with E-state index in [4.69, 9.17) is 0 Å². The Labute approximate surface area is 151 Å². The summed E-state index contributed by atoms with van der Waals surface area (Å²) < 4.78 is 61.9. The summed E-state index contributed by atoms with van der Waals surface area (Å²) in [7, 11) is -3.03. The van der Waals surface area contributed by atoms with Crippen molar-refractivity contribution in [3.8, 4) is 0 Å². The summed E-state index contributed by atoms with van der Waals surface area (Å²) >= 11 is 0. The van der Waals surface area contributed by atoms with Crippen LogP contribution < -0.4 is 0 Å². The van der Waals surface area contributed by atoms with Crippen LogP contribution >= 0.6 is 0 Å². The lowest BCUT2D eigenvalue weighted by atomic mass is 9.88. The molecule has 1 aromatic rings. The lowest BCUT2D eigenvalue weighted by Crippen LogP contribution is -2.44. The summed E-state index contributed by atoms with van der Waals surface area (Å²) in [6.07, 6.45) is -2.23. The smallest absolute Gasteiger partial charge is 0.342 e. The first kappa shape index (κ1) is 19.2. The number of carbonyl (C=O) groups is 1. The Kier molecular flexibility index (Phi) is 5.33. The molecule has 0 saturated carbocycles. The van der Waals surface area contributed by atoms with Crippen molar-refractivity contribution in [1.82, 2.24) is 4.90 Å². The van der Waals surface area contributed by atoms with Gasteiger partial charge in [-0.05, 0) is 37.3 Å². The summed E-state index contributed by atoms with van der Waals surface area (Å²) in [5.41, 5.74) is -0.0699. The van der Waals surface area contributed by atoms with Crippen LogP contribution in [0.2, 0.25) is 0 Å². The highest BCUT2D eigenvalue weighted by Crippen LogP contribution is 2.34. The molecule has 0 bridgehead atoms. The van der Waals surface area contributed by atoms with E-state index in [0.29, 0.717) is 31.5 Å². The number of hydrogen-bond acceptors (Lipinski definition) is 3. The van der Waals surface area contributed by atoms with E-state index in [2.05, 4.69) is 0 Å². The monoisotopic (exact) mass is 389 g/mol. The van der Waals surface area contributed by atoms with Gasteiger partial charge in [-0.3, -0.25) is 4.79 Å². The second-order valence-corrected chi connectivity index (χ2v) is 9.48. The largest absolute Gasteiger partial charge is 0.416 e. The van der Waals surface area contributed by atoms with Gasteiger partial charge in [-0.25, -0.2) is 8.42 Å². The molecule has 1 amide bonds. The average Bonchev–Trinajstić information content (AvgIpc) is 2.61. The number of halogens is 3. The minimum absolute atomic E-state index is 0.0360. The predicted molar refractivity (Wildman–Crippen MR) is 91.4 cm³/mol. The highest BCUT2D eigenvalue weighted by molar-refractivity contribution is 7.91. The molecular weight excluding hydrogens is 367 g/mol. The Bertz CT molecular complexity index is 762. The number of rotatable bonds is 2. The third-order valence-electron chi connectivity index (χ3n) is 5.32. The Balaban J connectivity index is 1.69. The number of likely N-dealkylation sites (tertiary alicyclic amines) is 1. The van der Waals surface area contributed by atoms with Gasteiger partial charge in [-0.2, -0.15) is 13.2 Å². The zero-order valence-electron chi connectivity index (χ0n) is 14.3. The molecule has 0 N–H and O–H groups in total. The molecule has 2 saturated heterocycles. The van der Waals surface area contributed by atoms with E-state index < -0.39 is 21.6 Å². The molecule has 1 unspecified atom stereocenters. The quantitative estimate of drug-likeness (QED) is 0.780. The fourth-order valence-electron chi connectivity index (χ4n) is 3.81. The number of benzene rings is 1. The van der Waals surface area contributed by atoms with Crippen LogP contribution in [-0.4, -0.2) is 43.8 Å². The molecule has 2 aliphatic heterocycles. The number of amides is 1. The molecule has 144 valence electrons. The van der Waals surface area contributed by atoms with Crippen LogP contribution in [0.4, 0.5) is 13.2 Å². The molecule has 3 rings (SSSR count). The fraction of sp³-hybridized carbons (Fsp3) is 0.611. The zero-order valence-corrected chi connectivity index (χ0v) is 15.2. The summed E-state index contributed by atoms with van der Waals surface area (Å²) in [6.45, 7) is 0.973. The number of alkyl halides is 3. The Hall–Kier alpha value is -1.57. The lowest BCUT2D eigenvalue weighted by Gasteiger charge is -2.36. The van der Waals surface area contributed by atoms with Crippen molar-refractivity contribution in [1.29, 1.82) is 0 Å². The van der Waals surface area contributed by atoms with Gasteiger partial charge in [0.15, 0.2) is 0 Å². The number of sulfone groups is 1. The Morgan fingerprint density at radius 2 is 1.81 bits per heavy atom. The minimum atomic E-state index is -4.38. The van der Waals surface area contributed by atoms with E-state index in [-0.39, 0.29) is 29.2 Å². The van der Waals surface area contributed by atoms with Gasteiger partial charge >= 0.3 is 6.18 Å². The van der Waals surface area contributed by atoms with E-state index in [0.717, 1.165) is 18.9 Å². The van der Waals surface area contributed by atoms with Gasteiger partial charge in [-0.1, -0.05) is 18.2 Å². The number of nitrogens with zero attached hydrogens (tertiary/aromatic N) is 1. The third-order valence-corrected chi connectivity index (χ3v) is 7.04. The molecule has 1 atom stereocenters. The first-order chi connectivity index (χ1) is 12.2. The lowest BCUT2D eigenvalue weighted by molar-refractivity contribution is -0.138. The predicted octanol–water partition coefficient (Wildman–Crippen LogP) is 3.24. The summed E-state index contributed by atoms with van der Waals surface area (Å²) in [4.78, 5) is 14.4. The maximum atomic E-state index is 12.9. The maximum Gasteiger partial charge on any atom is 0.416 e. The second kappa shape index (κ2) is 7.21. The van der Waals surface area contributed by atoms with Crippen molar-refractivity contribution < 1.29 is 26.4 Å². The standard InChI is InChI=1S/C18H22F3NO3S/c19-18(20,21)16-5-1-3-14(11-16)15-4-2-8-22(12-15)17(23)13-6-9-26(24,25)10-7-13/h1,3,5,11,13,15H,2,4,6-10,12H2. The first-order valence-corrected chi connectivity index (χ1v) is 10.6. The van der Waals surface area contributed by atoms with E-state index in [9.17, 15) is 26.4 Å². The van der Waals surface area contributed by atoms with Gasteiger partial charge in [0.1, 0.15) is 9.84 Å². The van der Waals surface area contributed by atoms with Gasteiger partial charge in [0.2, 0.25) is 5.91 Å². The molecule has 2 fully saturated rings. The number of hydrogen-bond donors (Lipinski definition) is 0. The molecule has 4 nitrogen and oxygen atoms in total. The van der Waals surface area contributed by atoms with Crippen molar-refractivity contribution in [3.05, 3.63) is 35.4 Å². The molecule has 2 aliphatic rings. The van der Waals surface area contributed by atoms with Crippen molar-refractivity contribution in [2.45, 2.75) is 37.8 Å². The van der Waals surface area contributed by atoms with Gasteiger partial charge in [0.05, 0.1) is 17.1 Å². The zero-order chi connectivity index (χ0) is 18.9. The van der Waals surface area contributed by atoms with Crippen LogP contribution in [0.3, 0.4) is 0 Å². The molecular formula is C18H22F3NO3S. The van der Waals surface area contributed by atoms with Crippen LogP contribution in [0.5, 0.6) is 0 Å². The van der Waals surface area contributed by atoms with Crippen molar-refractivity contribution in [2.75, 3.05) is 24.6 Å². The Morgan fingerprint density at radius 1 is 1.12 bits per heavy atom. The van der Waals surface area contributed by atoms with Crippen LogP contribution in [0.1, 0.15) is 42.7 Å². The molecule has 1 aromatic carbocycles. The number of carbonyl (C=O) groups excluding carboxylic acids is 1. The second-order valence-electron chi connectivity index (χ2n) is 7.17. The van der Waals surface area contributed by atoms with Crippen LogP contribution in [0, 0.1) is 5.92 Å². The van der Waals surface area contributed by atoms with Gasteiger partial charge in [0, 0.05) is 24.9 Å². The third kappa shape index (κ3) is 4.39. The topological polar surface area (TPSA) is 54.5 Å². The van der Waals surface area contributed by atoms with Crippen LogP contribution in [0.25, 0.3) is 0 Å². The molecule has 0 aromatic heterocycles. The SMILES string of the molecule is O=C(C1CCS(=O)(=O)CC1)N1CCCC(c2cccc(C(F)(F)F)c2)C1. The molecule has 26 heavy (non-hydrogen) atoms. The van der Waals surface area contributed by atoms with E-state index in [1.165, 1.54) is 12.1 Å². The maximum absolute atomic E-state index is 12.9. The Morgan fingerprint density at radius 3 is 2.46 bits per heavy atom. The van der Waals surface area contributed by atoms with Crippen molar-refractivity contribution in [3.63, 3.8) is 0 Å². The molecule has 2 heterocycles. The highest BCUT2D eigenvalue weighted by Gasteiger charge is 2.35. The van der Waals surface area contributed by atoms with Gasteiger partial charge in [0.25, 0.3) is 0 Å². The molecule has 0 radical (unpaired) electrons.